The van der Waals surface area contributed by atoms with Gasteiger partial charge in [0.2, 0.25) is 11.8 Å². The van der Waals surface area contributed by atoms with Gasteiger partial charge in [0, 0.05) is 12.6 Å². The predicted octanol–water partition coefficient (Wildman–Crippen LogP) is 1.63. The van der Waals surface area contributed by atoms with Crippen LogP contribution in [0.1, 0.15) is 11.1 Å². The number of amides is 2. The summed E-state index contributed by atoms with van der Waals surface area (Å²) in [6.45, 7) is 0. The van der Waals surface area contributed by atoms with Gasteiger partial charge >= 0.3 is 0 Å². The van der Waals surface area contributed by atoms with Gasteiger partial charge in [0.1, 0.15) is 17.0 Å². The molecule has 0 saturated heterocycles. The van der Waals surface area contributed by atoms with Crippen LogP contribution in [-0.4, -0.2) is 22.8 Å². The highest BCUT2D eigenvalue weighted by atomic mass is 35.5. The van der Waals surface area contributed by atoms with Crippen molar-refractivity contribution >= 4 is 23.4 Å². The largest absolute Gasteiger partial charge is 0.368 e. The van der Waals surface area contributed by atoms with Crippen LogP contribution >= 0.6 is 11.6 Å². The molecule has 0 spiro atoms. The number of nitrogens with one attached hydrogen (secondary N) is 1. The Bertz CT molecular complexity index is 707. The van der Waals surface area contributed by atoms with Crippen LogP contribution in [0.5, 0.6) is 0 Å². The first-order valence-corrected chi connectivity index (χ1v) is 7.25. The van der Waals surface area contributed by atoms with Crippen molar-refractivity contribution in [2.24, 2.45) is 5.73 Å². The molecule has 1 aromatic heterocycles. The second-order valence-electron chi connectivity index (χ2n) is 5.02. The highest BCUT2D eigenvalue weighted by Crippen LogP contribution is 2.08. The topological polar surface area (TPSA) is 85.1 Å². The van der Waals surface area contributed by atoms with Crippen LogP contribution in [0.3, 0.4) is 0 Å². The first-order chi connectivity index (χ1) is 10.9. The molecule has 0 aliphatic carbocycles. The molecule has 2 aromatic rings. The van der Waals surface area contributed by atoms with Crippen LogP contribution in [0.15, 0.2) is 42.6 Å². The van der Waals surface area contributed by atoms with Crippen LogP contribution < -0.4 is 11.1 Å². The summed E-state index contributed by atoms with van der Waals surface area (Å²) in [5.41, 5.74) is 6.55. The van der Waals surface area contributed by atoms with Crippen molar-refractivity contribution in [1.29, 1.82) is 0 Å². The summed E-state index contributed by atoms with van der Waals surface area (Å²) < 4.78 is 13.1. The quantitative estimate of drug-likeness (QED) is 0.787. The zero-order valence-electron chi connectivity index (χ0n) is 12.1. The summed E-state index contributed by atoms with van der Waals surface area (Å²) >= 11 is 5.70. The lowest BCUT2D eigenvalue weighted by molar-refractivity contribution is -0.127. The SMILES string of the molecule is NC(=O)[C@@H](Cc1ccc(Cl)nc1)NC(=O)Cc1cccc(F)c1. The maximum atomic E-state index is 13.1. The molecule has 1 heterocycles. The molecule has 7 heteroatoms. The zero-order valence-corrected chi connectivity index (χ0v) is 12.9. The Hall–Kier alpha value is -2.47. The Morgan fingerprint density at radius 3 is 2.65 bits per heavy atom. The fourth-order valence-electron chi connectivity index (χ4n) is 2.06. The second kappa shape index (κ2) is 7.69. The first kappa shape index (κ1) is 16.9. The molecule has 0 fully saturated rings. The monoisotopic (exact) mass is 335 g/mol. The number of hydrogen-bond acceptors (Lipinski definition) is 3. The van der Waals surface area contributed by atoms with Gasteiger partial charge in [-0.1, -0.05) is 29.8 Å². The van der Waals surface area contributed by atoms with E-state index in [0.29, 0.717) is 16.3 Å². The molecule has 23 heavy (non-hydrogen) atoms. The summed E-state index contributed by atoms with van der Waals surface area (Å²) in [6, 6.07) is 8.11. The molecule has 5 nitrogen and oxygen atoms in total. The number of halogens is 2. The molecular formula is C16H15ClFN3O2. The van der Waals surface area contributed by atoms with Gasteiger partial charge in [-0.05, 0) is 29.3 Å². The first-order valence-electron chi connectivity index (χ1n) is 6.87. The molecule has 2 amide bonds. The van der Waals surface area contributed by atoms with Crippen LogP contribution in [0.25, 0.3) is 0 Å². The Morgan fingerprint density at radius 1 is 1.26 bits per heavy atom. The molecule has 0 aliphatic rings. The number of nitrogens with zero attached hydrogens (tertiary/aromatic N) is 1. The molecule has 1 aromatic carbocycles. The predicted molar refractivity (Wildman–Crippen MR) is 84.2 cm³/mol. The summed E-state index contributed by atoms with van der Waals surface area (Å²) in [5, 5.41) is 2.88. The van der Waals surface area contributed by atoms with Crippen molar-refractivity contribution in [3.05, 3.63) is 64.7 Å². The molecule has 0 bridgehead atoms. The van der Waals surface area contributed by atoms with E-state index in [2.05, 4.69) is 10.3 Å². The number of rotatable bonds is 6. The normalized spacial score (nSPS) is 11.7. The van der Waals surface area contributed by atoms with Gasteiger partial charge in [-0.2, -0.15) is 0 Å². The number of benzene rings is 1. The molecule has 2 rings (SSSR count). The van der Waals surface area contributed by atoms with Crippen molar-refractivity contribution in [2.75, 3.05) is 0 Å². The van der Waals surface area contributed by atoms with Crippen LogP contribution in [0, 0.1) is 5.82 Å². The lowest BCUT2D eigenvalue weighted by Crippen LogP contribution is -2.46. The van der Waals surface area contributed by atoms with Crippen LogP contribution in [0.2, 0.25) is 5.15 Å². The van der Waals surface area contributed by atoms with Gasteiger partial charge in [0.25, 0.3) is 0 Å². The van der Waals surface area contributed by atoms with Gasteiger partial charge in [-0.3, -0.25) is 9.59 Å². The van der Waals surface area contributed by atoms with Crippen LogP contribution in [-0.2, 0) is 22.4 Å². The highest BCUT2D eigenvalue weighted by Gasteiger charge is 2.19. The number of carbonyl (C=O) groups excluding carboxylic acids is 2. The number of carbonyl (C=O) groups is 2. The van der Waals surface area contributed by atoms with Gasteiger partial charge in [-0.25, -0.2) is 9.37 Å². The minimum atomic E-state index is -0.876. The molecule has 1 atom stereocenters. The van der Waals surface area contributed by atoms with E-state index < -0.39 is 23.7 Å². The average Bonchev–Trinajstić information content (AvgIpc) is 2.48. The lowest BCUT2D eigenvalue weighted by atomic mass is 10.1. The average molecular weight is 336 g/mol. The van der Waals surface area contributed by atoms with E-state index in [1.165, 1.54) is 24.4 Å². The molecule has 3 N–H and O–H groups in total. The van der Waals surface area contributed by atoms with E-state index in [-0.39, 0.29) is 12.8 Å². The number of aromatic nitrogens is 1. The van der Waals surface area contributed by atoms with Crippen molar-refractivity contribution in [2.45, 2.75) is 18.9 Å². The second-order valence-corrected chi connectivity index (χ2v) is 5.41. The maximum Gasteiger partial charge on any atom is 0.240 e. The van der Waals surface area contributed by atoms with E-state index in [0.717, 1.165) is 0 Å². The fraction of sp³-hybridized carbons (Fsp3) is 0.188. The summed E-state index contributed by atoms with van der Waals surface area (Å²) in [7, 11) is 0. The Balaban J connectivity index is 1.99. The number of pyridine rings is 1. The maximum absolute atomic E-state index is 13.1. The van der Waals surface area contributed by atoms with Crippen molar-refractivity contribution in [1.82, 2.24) is 10.3 Å². The number of primary amides is 1. The highest BCUT2D eigenvalue weighted by molar-refractivity contribution is 6.29. The third kappa shape index (κ3) is 5.34. The summed E-state index contributed by atoms with van der Waals surface area (Å²) in [6.07, 6.45) is 1.67. The third-order valence-corrected chi connectivity index (χ3v) is 3.38. The molecule has 0 aliphatic heterocycles. The van der Waals surface area contributed by atoms with Crippen molar-refractivity contribution in [3.63, 3.8) is 0 Å². The Morgan fingerprint density at radius 2 is 2.04 bits per heavy atom. The van der Waals surface area contributed by atoms with E-state index in [1.54, 1.807) is 18.2 Å². The summed E-state index contributed by atoms with van der Waals surface area (Å²) in [4.78, 5) is 27.4. The Labute approximate surface area is 137 Å². The standard InChI is InChI=1S/C16H15ClFN3O2/c17-14-5-4-11(9-20-14)7-13(16(19)23)21-15(22)8-10-2-1-3-12(18)6-10/h1-6,9,13H,7-8H2,(H2,19,23)(H,21,22)/t13-/m1/s1. The van der Waals surface area contributed by atoms with Gasteiger partial charge in [0.05, 0.1) is 6.42 Å². The summed E-state index contributed by atoms with van der Waals surface area (Å²) in [5.74, 6) is -1.50. The molecule has 0 radical (unpaired) electrons. The van der Waals surface area contributed by atoms with E-state index >= 15 is 0 Å². The Kier molecular flexibility index (Phi) is 5.65. The van der Waals surface area contributed by atoms with Crippen molar-refractivity contribution < 1.29 is 14.0 Å². The fourth-order valence-corrected chi connectivity index (χ4v) is 2.18. The van der Waals surface area contributed by atoms with Crippen molar-refractivity contribution in [3.8, 4) is 0 Å². The molecular weight excluding hydrogens is 321 g/mol. The molecule has 120 valence electrons. The number of hydrogen-bond donors (Lipinski definition) is 2. The van der Waals surface area contributed by atoms with E-state index in [1.807, 2.05) is 0 Å². The minimum Gasteiger partial charge on any atom is -0.368 e. The number of nitrogens with two attached hydrogens (primary N) is 1. The van der Waals surface area contributed by atoms with E-state index in [9.17, 15) is 14.0 Å². The van der Waals surface area contributed by atoms with Gasteiger partial charge < -0.3 is 11.1 Å². The van der Waals surface area contributed by atoms with E-state index in [4.69, 9.17) is 17.3 Å². The van der Waals surface area contributed by atoms with Gasteiger partial charge in [-0.15, -0.1) is 0 Å². The lowest BCUT2D eigenvalue weighted by Gasteiger charge is -2.15. The minimum absolute atomic E-state index is 0.0413. The van der Waals surface area contributed by atoms with Gasteiger partial charge in [0.15, 0.2) is 0 Å². The zero-order chi connectivity index (χ0) is 16.8. The molecule has 0 unspecified atom stereocenters. The molecule has 0 saturated carbocycles. The van der Waals surface area contributed by atoms with Crippen LogP contribution in [0.4, 0.5) is 4.39 Å². The smallest absolute Gasteiger partial charge is 0.240 e. The third-order valence-electron chi connectivity index (χ3n) is 3.16.